The fourth-order valence-corrected chi connectivity index (χ4v) is 4.66. The number of amides is 1. The fraction of sp³-hybridized carbons (Fsp3) is 0.947. The van der Waals surface area contributed by atoms with E-state index in [0.717, 1.165) is 26.2 Å². The first-order valence-corrected chi connectivity index (χ1v) is 9.97. The van der Waals surface area contributed by atoms with Crippen molar-refractivity contribution < 1.29 is 14.3 Å². The topological polar surface area (TPSA) is 54.0 Å². The molecule has 0 bridgehead atoms. The normalized spacial score (nSPS) is 35.6. The van der Waals surface area contributed by atoms with E-state index in [4.69, 9.17) is 9.47 Å². The minimum Gasteiger partial charge on any atom is -0.373 e. The predicted molar refractivity (Wildman–Crippen MR) is 97.6 cm³/mol. The molecule has 3 aliphatic rings. The minimum absolute atomic E-state index is 0.100. The second kappa shape index (κ2) is 8.33. The fourth-order valence-electron chi connectivity index (χ4n) is 4.66. The Morgan fingerprint density at radius 3 is 2.60 bits per heavy atom. The Bertz CT molecular complexity index is 449. The van der Waals surface area contributed by atoms with Gasteiger partial charge in [-0.2, -0.15) is 0 Å². The molecule has 3 saturated heterocycles. The standard InChI is InChI=1S/C19H35N3O3/c1-13(2)18(22-9-14(3)25-15(4)10-22)19(23)20-8-17-11-21-7-5-6-16(21)12-24-17/h13-18H,5-12H2,1-4H3,(H,20,23). The van der Waals surface area contributed by atoms with Crippen LogP contribution in [0.3, 0.4) is 0 Å². The van der Waals surface area contributed by atoms with Crippen LogP contribution in [0.15, 0.2) is 0 Å². The maximum Gasteiger partial charge on any atom is 0.237 e. The van der Waals surface area contributed by atoms with Gasteiger partial charge in [0.2, 0.25) is 5.91 Å². The van der Waals surface area contributed by atoms with Gasteiger partial charge in [0, 0.05) is 32.2 Å². The summed E-state index contributed by atoms with van der Waals surface area (Å²) < 4.78 is 11.8. The van der Waals surface area contributed by atoms with Crippen molar-refractivity contribution >= 4 is 5.91 Å². The lowest BCUT2D eigenvalue weighted by Crippen LogP contribution is -2.58. The molecule has 0 radical (unpaired) electrons. The molecule has 144 valence electrons. The van der Waals surface area contributed by atoms with E-state index < -0.39 is 0 Å². The lowest BCUT2D eigenvalue weighted by molar-refractivity contribution is -0.136. The van der Waals surface area contributed by atoms with Crippen LogP contribution in [-0.2, 0) is 14.3 Å². The van der Waals surface area contributed by atoms with Crippen molar-refractivity contribution in [2.75, 3.05) is 39.3 Å². The average molecular weight is 354 g/mol. The number of ether oxygens (including phenoxy) is 2. The molecule has 25 heavy (non-hydrogen) atoms. The molecule has 3 rings (SSSR count). The Balaban J connectivity index is 1.52. The molecule has 0 aromatic carbocycles. The highest BCUT2D eigenvalue weighted by atomic mass is 16.5. The first kappa shape index (κ1) is 19.1. The molecular formula is C19H35N3O3. The van der Waals surface area contributed by atoms with Gasteiger partial charge in [0.15, 0.2) is 0 Å². The zero-order chi connectivity index (χ0) is 18.0. The van der Waals surface area contributed by atoms with Crippen LogP contribution >= 0.6 is 0 Å². The molecular weight excluding hydrogens is 318 g/mol. The SMILES string of the molecule is CC1CN(C(C(=O)NCC2CN3CCCC3CO2)C(C)C)CC(C)O1. The first-order valence-electron chi connectivity index (χ1n) is 9.97. The van der Waals surface area contributed by atoms with E-state index >= 15 is 0 Å². The Kier molecular flexibility index (Phi) is 6.36. The van der Waals surface area contributed by atoms with Gasteiger partial charge in [-0.25, -0.2) is 0 Å². The first-order chi connectivity index (χ1) is 11.9. The summed E-state index contributed by atoms with van der Waals surface area (Å²) in [6, 6.07) is 0.503. The average Bonchev–Trinajstić information content (AvgIpc) is 2.99. The van der Waals surface area contributed by atoms with E-state index in [0.29, 0.717) is 12.6 Å². The third-order valence-electron chi connectivity index (χ3n) is 5.71. The quantitative estimate of drug-likeness (QED) is 0.802. The number of fused-ring (bicyclic) bond motifs is 1. The van der Waals surface area contributed by atoms with E-state index in [1.165, 1.54) is 19.4 Å². The second-order valence-electron chi connectivity index (χ2n) is 8.39. The highest BCUT2D eigenvalue weighted by Crippen LogP contribution is 2.23. The smallest absolute Gasteiger partial charge is 0.237 e. The van der Waals surface area contributed by atoms with Crippen molar-refractivity contribution in [3.05, 3.63) is 0 Å². The van der Waals surface area contributed by atoms with Gasteiger partial charge in [-0.3, -0.25) is 14.6 Å². The summed E-state index contributed by atoms with van der Waals surface area (Å²) in [6.45, 7) is 13.6. The molecule has 3 heterocycles. The molecule has 5 atom stereocenters. The van der Waals surface area contributed by atoms with Crippen molar-refractivity contribution in [3.8, 4) is 0 Å². The monoisotopic (exact) mass is 353 g/mol. The summed E-state index contributed by atoms with van der Waals surface area (Å²) in [5.41, 5.74) is 0. The van der Waals surface area contributed by atoms with Gasteiger partial charge >= 0.3 is 0 Å². The molecule has 0 aromatic rings. The van der Waals surface area contributed by atoms with E-state index in [2.05, 4.69) is 42.8 Å². The Morgan fingerprint density at radius 2 is 1.92 bits per heavy atom. The zero-order valence-electron chi connectivity index (χ0n) is 16.2. The van der Waals surface area contributed by atoms with Crippen LogP contribution in [0.2, 0.25) is 0 Å². The van der Waals surface area contributed by atoms with Crippen molar-refractivity contribution in [1.82, 2.24) is 15.1 Å². The molecule has 3 fully saturated rings. The largest absolute Gasteiger partial charge is 0.373 e. The number of carbonyl (C=O) groups excluding carboxylic acids is 1. The molecule has 6 nitrogen and oxygen atoms in total. The van der Waals surface area contributed by atoms with Crippen LogP contribution in [0.4, 0.5) is 0 Å². The second-order valence-corrected chi connectivity index (χ2v) is 8.39. The molecule has 0 saturated carbocycles. The summed E-state index contributed by atoms with van der Waals surface area (Å²) in [5, 5.41) is 3.17. The molecule has 0 spiro atoms. The number of nitrogens with one attached hydrogen (secondary N) is 1. The highest BCUT2D eigenvalue weighted by molar-refractivity contribution is 5.82. The Morgan fingerprint density at radius 1 is 1.20 bits per heavy atom. The van der Waals surface area contributed by atoms with Gasteiger partial charge in [0.05, 0.1) is 31.0 Å². The number of morpholine rings is 2. The minimum atomic E-state index is -0.100. The Hall–Kier alpha value is -0.690. The third-order valence-corrected chi connectivity index (χ3v) is 5.71. The van der Waals surface area contributed by atoms with Crippen LogP contribution < -0.4 is 5.32 Å². The number of carbonyl (C=O) groups is 1. The van der Waals surface area contributed by atoms with E-state index in [1.54, 1.807) is 0 Å². The number of hydrogen-bond acceptors (Lipinski definition) is 5. The zero-order valence-corrected chi connectivity index (χ0v) is 16.2. The highest BCUT2D eigenvalue weighted by Gasteiger charge is 2.36. The number of nitrogens with zero attached hydrogens (tertiary/aromatic N) is 2. The molecule has 1 N–H and O–H groups in total. The van der Waals surface area contributed by atoms with Crippen molar-refractivity contribution in [3.63, 3.8) is 0 Å². The van der Waals surface area contributed by atoms with Crippen LogP contribution in [0, 0.1) is 5.92 Å². The number of rotatable bonds is 5. The van der Waals surface area contributed by atoms with Crippen LogP contribution in [0.25, 0.3) is 0 Å². The number of hydrogen-bond donors (Lipinski definition) is 1. The van der Waals surface area contributed by atoms with Gasteiger partial charge in [-0.15, -0.1) is 0 Å². The van der Waals surface area contributed by atoms with Crippen LogP contribution in [0.1, 0.15) is 40.5 Å². The summed E-state index contributed by atoms with van der Waals surface area (Å²) in [5.74, 6) is 0.399. The molecule has 3 aliphatic heterocycles. The molecule has 5 unspecified atom stereocenters. The molecule has 0 aliphatic carbocycles. The summed E-state index contributed by atoms with van der Waals surface area (Å²) in [6.07, 6.45) is 2.99. The molecule has 1 amide bonds. The van der Waals surface area contributed by atoms with Gasteiger partial charge in [0.25, 0.3) is 0 Å². The lowest BCUT2D eigenvalue weighted by atomic mass is 9.99. The van der Waals surface area contributed by atoms with Crippen molar-refractivity contribution in [2.24, 2.45) is 5.92 Å². The lowest BCUT2D eigenvalue weighted by Gasteiger charge is -2.41. The van der Waals surface area contributed by atoms with Crippen LogP contribution in [-0.4, -0.2) is 85.4 Å². The summed E-state index contributed by atoms with van der Waals surface area (Å²) in [7, 11) is 0. The summed E-state index contributed by atoms with van der Waals surface area (Å²) in [4.78, 5) is 17.7. The van der Waals surface area contributed by atoms with Gasteiger partial charge in [-0.1, -0.05) is 13.8 Å². The Labute approximate surface area is 152 Å². The van der Waals surface area contributed by atoms with Gasteiger partial charge < -0.3 is 14.8 Å². The van der Waals surface area contributed by atoms with E-state index in [9.17, 15) is 4.79 Å². The van der Waals surface area contributed by atoms with E-state index in [-0.39, 0.29) is 36.2 Å². The molecule has 0 aromatic heterocycles. The van der Waals surface area contributed by atoms with Gasteiger partial charge in [-0.05, 0) is 39.2 Å². The van der Waals surface area contributed by atoms with Crippen molar-refractivity contribution in [2.45, 2.75) is 70.9 Å². The molecule has 6 heteroatoms. The third kappa shape index (κ3) is 4.73. The van der Waals surface area contributed by atoms with Gasteiger partial charge in [0.1, 0.15) is 0 Å². The van der Waals surface area contributed by atoms with Crippen molar-refractivity contribution in [1.29, 1.82) is 0 Å². The maximum atomic E-state index is 12.9. The predicted octanol–water partition coefficient (Wildman–Crippen LogP) is 1.10. The van der Waals surface area contributed by atoms with Crippen LogP contribution in [0.5, 0.6) is 0 Å². The van der Waals surface area contributed by atoms with E-state index in [1.807, 2.05) is 0 Å². The maximum absolute atomic E-state index is 12.9. The summed E-state index contributed by atoms with van der Waals surface area (Å²) >= 11 is 0.